The Morgan fingerprint density at radius 2 is 1.69 bits per heavy atom. The van der Waals surface area contributed by atoms with Gasteiger partial charge in [-0.05, 0) is 67.2 Å². The van der Waals surface area contributed by atoms with E-state index in [0.29, 0.717) is 33.4 Å². The molecule has 0 radical (unpaired) electrons. The van der Waals surface area contributed by atoms with Crippen LogP contribution in [0.15, 0.2) is 66.7 Å². The number of nitrogens with one attached hydrogen (secondary N) is 3. The fourth-order valence-electron chi connectivity index (χ4n) is 4.25. The van der Waals surface area contributed by atoms with Crippen LogP contribution < -0.4 is 15.5 Å². The van der Waals surface area contributed by atoms with Crippen LogP contribution in [0.4, 0.5) is 15.9 Å². The van der Waals surface area contributed by atoms with Crippen LogP contribution >= 0.6 is 0 Å². The summed E-state index contributed by atoms with van der Waals surface area (Å²) in [5, 5.41) is 13.4. The number of amides is 2. The Bertz CT molecular complexity index is 1390. The molecule has 0 bridgehead atoms. The number of anilines is 2. The largest absolute Gasteiger partial charge is 0.369 e. The van der Waals surface area contributed by atoms with Crippen molar-refractivity contribution in [3.8, 4) is 0 Å². The zero-order chi connectivity index (χ0) is 25.1. The molecule has 0 aliphatic carbocycles. The zero-order valence-electron chi connectivity index (χ0n) is 19.9. The number of carbonyl (C=O) groups is 2. The van der Waals surface area contributed by atoms with Crippen LogP contribution in [0.1, 0.15) is 26.3 Å². The number of hydrogen-bond acceptors (Lipinski definition) is 5. The second kappa shape index (κ2) is 10.2. The molecule has 9 heteroatoms. The number of nitrogens with zero attached hydrogens (tertiary/aromatic N) is 3. The fraction of sp³-hybridized carbons (Fsp3) is 0.222. The number of aromatic amines is 1. The molecule has 8 nitrogen and oxygen atoms in total. The van der Waals surface area contributed by atoms with Gasteiger partial charge in [0, 0.05) is 54.9 Å². The van der Waals surface area contributed by atoms with Crippen LogP contribution in [0, 0.1) is 5.82 Å². The maximum atomic E-state index is 13.4. The quantitative estimate of drug-likeness (QED) is 0.387. The summed E-state index contributed by atoms with van der Waals surface area (Å²) in [4.78, 5) is 30.2. The van der Waals surface area contributed by atoms with E-state index in [-0.39, 0.29) is 24.2 Å². The molecule has 0 unspecified atom stereocenters. The fourth-order valence-corrected chi connectivity index (χ4v) is 4.25. The molecule has 5 rings (SSSR count). The molecular formula is C27H27FN6O2. The average molecular weight is 487 g/mol. The first-order chi connectivity index (χ1) is 17.5. The van der Waals surface area contributed by atoms with Gasteiger partial charge in [-0.2, -0.15) is 5.10 Å². The third-order valence-corrected chi connectivity index (χ3v) is 6.40. The first kappa shape index (κ1) is 23.5. The van der Waals surface area contributed by atoms with Gasteiger partial charge < -0.3 is 20.4 Å². The van der Waals surface area contributed by atoms with Crippen LogP contribution in [0.3, 0.4) is 0 Å². The Hall–Kier alpha value is -4.24. The maximum absolute atomic E-state index is 13.4. The Balaban J connectivity index is 1.26. The highest BCUT2D eigenvalue weighted by Gasteiger charge is 2.16. The molecule has 0 spiro atoms. The summed E-state index contributed by atoms with van der Waals surface area (Å²) in [5.41, 5.74) is 3.39. The van der Waals surface area contributed by atoms with Crippen molar-refractivity contribution in [2.75, 3.05) is 43.4 Å². The van der Waals surface area contributed by atoms with Crippen LogP contribution in [-0.2, 0) is 6.54 Å². The average Bonchev–Trinajstić information content (AvgIpc) is 3.29. The predicted molar refractivity (Wildman–Crippen MR) is 138 cm³/mol. The molecule has 3 aromatic carbocycles. The van der Waals surface area contributed by atoms with Crippen molar-refractivity contribution < 1.29 is 14.0 Å². The van der Waals surface area contributed by atoms with Crippen LogP contribution in [-0.4, -0.2) is 60.1 Å². The van der Waals surface area contributed by atoms with Crippen LogP contribution in [0.25, 0.3) is 10.9 Å². The first-order valence-electron chi connectivity index (χ1n) is 11.8. The number of H-pyrrole nitrogens is 1. The molecule has 1 fully saturated rings. The van der Waals surface area contributed by atoms with Crippen molar-refractivity contribution >= 4 is 34.2 Å². The highest BCUT2D eigenvalue weighted by Crippen LogP contribution is 2.23. The molecule has 1 aliphatic rings. The Morgan fingerprint density at radius 1 is 0.944 bits per heavy atom. The lowest BCUT2D eigenvalue weighted by molar-refractivity contribution is 0.0950. The number of carbonyl (C=O) groups excluding carboxylic acids is 2. The van der Waals surface area contributed by atoms with Crippen molar-refractivity contribution in [3.05, 3.63) is 89.2 Å². The lowest BCUT2D eigenvalue weighted by Crippen LogP contribution is -2.44. The van der Waals surface area contributed by atoms with Gasteiger partial charge in [-0.3, -0.25) is 14.7 Å². The van der Waals surface area contributed by atoms with E-state index in [0.717, 1.165) is 31.9 Å². The number of rotatable bonds is 6. The third-order valence-electron chi connectivity index (χ3n) is 6.40. The number of benzene rings is 3. The van der Waals surface area contributed by atoms with Gasteiger partial charge in [0.05, 0.1) is 5.52 Å². The van der Waals surface area contributed by atoms with E-state index in [9.17, 15) is 14.0 Å². The molecule has 184 valence electrons. The summed E-state index contributed by atoms with van der Waals surface area (Å²) in [5.74, 6) is -0.595. The number of likely N-dealkylation sites (N-methyl/N-ethyl adjacent to an activating group) is 1. The van der Waals surface area contributed by atoms with E-state index in [2.05, 4.69) is 37.7 Å². The van der Waals surface area contributed by atoms with E-state index >= 15 is 0 Å². The Labute approximate surface area is 208 Å². The molecule has 3 N–H and O–H groups in total. The summed E-state index contributed by atoms with van der Waals surface area (Å²) < 4.78 is 13.4. The second-order valence-electron chi connectivity index (χ2n) is 8.94. The number of aromatic nitrogens is 2. The number of halogens is 1. The van der Waals surface area contributed by atoms with Crippen molar-refractivity contribution in [1.82, 2.24) is 20.4 Å². The van der Waals surface area contributed by atoms with Gasteiger partial charge in [-0.25, -0.2) is 4.39 Å². The molecule has 0 atom stereocenters. The Kier molecular flexibility index (Phi) is 6.64. The molecule has 0 saturated carbocycles. The monoisotopic (exact) mass is 486 g/mol. The summed E-state index contributed by atoms with van der Waals surface area (Å²) in [6.45, 7) is 4.14. The number of hydrogen-bond donors (Lipinski definition) is 3. The van der Waals surface area contributed by atoms with Gasteiger partial charge in [0.1, 0.15) is 5.82 Å². The predicted octanol–water partition coefficient (Wildman–Crippen LogP) is 3.64. The van der Waals surface area contributed by atoms with Gasteiger partial charge in [-0.1, -0.05) is 12.1 Å². The summed E-state index contributed by atoms with van der Waals surface area (Å²) in [7, 11) is 2.12. The topological polar surface area (TPSA) is 93.4 Å². The first-order valence-corrected chi connectivity index (χ1v) is 11.8. The molecule has 2 heterocycles. The molecule has 1 aliphatic heterocycles. The maximum Gasteiger partial charge on any atom is 0.256 e. The lowest BCUT2D eigenvalue weighted by Gasteiger charge is -2.34. The highest BCUT2D eigenvalue weighted by molar-refractivity contribution is 6.09. The van der Waals surface area contributed by atoms with Gasteiger partial charge in [0.15, 0.2) is 5.82 Å². The van der Waals surface area contributed by atoms with E-state index in [1.807, 2.05) is 24.3 Å². The van der Waals surface area contributed by atoms with Crippen molar-refractivity contribution in [2.24, 2.45) is 0 Å². The van der Waals surface area contributed by atoms with E-state index < -0.39 is 0 Å². The SMILES string of the molecule is CN1CCN(c2ccc(C(=O)Nc3n[nH]c4ccc(C(=O)NCc5cccc(F)c5)cc34)cc2)CC1. The normalized spacial score (nSPS) is 14.1. The highest BCUT2D eigenvalue weighted by atomic mass is 19.1. The van der Waals surface area contributed by atoms with E-state index in [1.54, 1.807) is 30.3 Å². The standard InChI is InChI=1S/C27H27FN6O2/c1-33-11-13-34(14-12-33)22-8-5-19(6-9-22)27(36)30-25-23-16-20(7-10-24(23)31-32-25)26(35)29-17-18-3-2-4-21(28)15-18/h2-10,15-16H,11-14,17H2,1H3,(H,29,35)(H2,30,31,32,36). The molecule has 1 saturated heterocycles. The molecule has 2 amide bonds. The minimum absolute atomic E-state index is 0.202. The third kappa shape index (κ3) is 5.21. The number of piperazine rings is 1. The summed E-state index contributed by atoms with van der Waals surface area (Å²) in [6, 6.07) is 18.7. The van der Waals surface area contributed by atoms with Crippen LogP contribution in [0.5, 0.6) is 0 Å². The zero-order valence-corrected chi connectivity index (χ0v) is 19.9. The molecule has 4 aromatic rings. The minimum atomic E-state index is -0.351. The van der Waals surface area contributed by atoms with Gasteiger partial charge in [0.2, 0.25) is 0 Å². The van der Waals surface area contributed by atoms with Gasteiger partial charge >= 0.3 is 0 Å². The minimum Gasteiger partial charge on any atom is -0.369 e. The summed E-state index contributed by atoms with van der Waals surface area (Å²) >= 11 is 0. The van der Waals surface area contributed by atoms with Crippen molar-refractivity contribution in [1.29, 1.82) is 0 Å². The van der Waals surface area contributed by atoms with Gasteiger partial charge in [-0.15, -0.1) is 0 Å². The second-order valence-corrected chi connectivity index (χ2v) is 8.94. The molecule has 1 aromatic heterocycles. The molecular weight excluding hydrogens is 459 g/mol. The van der Waals surface area contributed by atoms with Crippen molar-refractivity contribution in [3.63, 3.8) is 0 Å². The molecule has 36 heavy (non-hydrogen) atoms. The van der Waals surface area contributed by atoms with Crippen LogP contribution in [0.2, 0.25) is 0 Å². The van der Waals surface area contributed by atoms with E-state index in [1.165, 1.54) is 12.1 Å². The van der Waals surface area contributed by atoms with Crippen molar-refractivity contribution in [2.45, 2.75) is 6.54 Å². The van der Waals surface area contributed by atoms with E-state index in [4.69, 9.17) is 0 Å². The summed E-state index contributed by atoms with van der Waals surface area (Å²) in [6.07, 6.45) is 0. The Morgan fingerprint density at radius 3 is 2.44 bits per heavy atom. The lowest BCUT2D eigenvalue weighted by atomic mass is 10.1. The van der Waals surface area contributed by atoms with Gasteiger partial charge in [0.25, 0.3) is 11.8 Å². The smallest absolute Gasteiger partial charge is 0.256 e. The number of fused-ring (bicyclic) bond motifs is 1.